The van der Waals surface area contributed by atoms with Crippen molar-refractivity contribution in [3.8, 4) is 0 Å². The first-order valence-electron chi connectivity index (χ1n) is 7.41. The molecule has 0 bridgehead atoms. The molecule has 3 rings (SSSR count). The van der Waals surface area contributed by atoms with Crippen molar-refractivity contribution < 1.29 is 18.0 Å². The minimum atomic E-state index is -3.64. The van der Waals surface area contributed by atoms with Crippen molar-refractivity contribution in [3.63, 3.8) is 0 Å². The number of thiophene rings is 1. The third-order valence-corrected chi connectivity index (χ3v) is 7.60. The molecule has 0 radical (unpaired) electrons. The summed E-state index contributed by atoms with van der Waals surface area (Å²) < 4.78 is 27.0. The van der Waals surface area contributed by atoms with Crippen LogP contribution in [0, 0.1) is 5.92 Å². The number of hydrogen-bond donors (Lipinski definition) is 1. The summed E-state index contributed by atoms with van der Waals surface area (Å²) >= 11 is 1.11. The fraction of sp³-hybridized carbons (Fsp3) is 0.571. The van der Waals surface area contributed by atoms with Gasteiger partial charge in [0, 0.05) is 45.0 Å². The molecule has 1 aromatic rings. The Hall–Kier alpha value is -1.45. The molecule has 2 atom stereocenters. The number of carbonyl (C=O) groups is 2. The van der Waals surface area contributed by atoms with Gasteiger partial charge in [-0.3, -0.25) is 9.59 Å². The van der Waals surface area contributed by atoms with E-state index < -0.39 is 10.0 Å². The van der Waals surface area contributed by atoms with Crippen LogP contribution in [0.25, 0.3) is 0 Å². The largest absolute Gasteiger partial charge is 0.354 e. The molecule has 2 fully saturated rings. The first-order chi connectivity index (χ1) is 10.8. The molecule has 0 unspecified atom stereocenters. The number of hydrogen-bond acceptors (Lipinski definition) is 5. The highest BCUT2D eigenvalue weighted by Crippen LogP contribution is 2.34. The summed E-state index contributed by atoms with van der Waals surface area (Å²) in [7, 11) is -0.395. The molecular formula is C14H19N3O4S2. The van der Waals surface area contributed by atoms with Crippen molar-refractivity contribution in [1.29, 1.82) is 0 Å². The third kappa shape index (κ3) is 2.77. The molecule has 0 aliphatic carbocycles. The maximum absolute atomic E-state index is 12.8. The van der Waals surface area contributed by atoms with Crippen LogP contribution in [0.5, 0.6) is 0 Å². The predicted molar refractivity (Wildman–Crippen MR) is 85.8 cm³/mol. The molecule has 2 saturated heterocycles. The Morgan fingerprint density at radius 1 is 1.43 bits per heavy atom. The van der Waals surface area contributed by atoms with Gasteiger partial charge in [-0.25, -0.2) is 8.42 Å². The summed E-state index contributed by atoms with van der Waals surface area (Å²) in [5.74, 6) is 0.0239. The lowest BCUT2D eigenvalue weighted by Crippen LogP contribution is -2.49. The van der Waals surface area contributed by atoms with Gasteiger partial charge in [0.2, 0.25) is 15.9 Å². The van der Waals surface area contributed by atoms with Gasteiger partial charge in [-0.2, -0.15) is 4.31 Å². The molecule has 23 heavy (non-hydrogen) atoms. The van der Waals surface area contributed by atoms with Crippen LogP contribution in [0.3, 0.4) is 0 Å². The number of nitrogens with zero attached hydrogens (tertiary/aromatic N) is 2. The minimum absolute atomic E-state index is 0.0527. The second-order valence-corrected chi connectivity index (χ2v) is 8.76. The van der Waals surface area contributed by atoms with E-state index in [9.17, 15) is 18.0 Å². The van der Waals surface area contributed by atoms with Gasteiger partial charge >= 0.3 is 0 Å². The normalized spacial score (nSPS) is 25.5. The molecule has 2 amide bonds. The van der Waals surface area contributed by atoms with E-state index in [0.717, 1.165) is 11.3 Å². The molecule has 3 heterocycles. The van der Waals surface area contributed by atoms with Crippen LogP contribution < -0.4 is 5.32 Å². The lowest BCUT2D eigenvalue weighted by Gasteiger charge is -2.36. The van der Waals surface area contributed by atoms with Gasteiger partial charge in [0.25, 0.3) is 5.91 Å². The summed E-state index contributed by atoms with van der Waals surface area (Å²) in [5, 5.41) is 3.98. The number of amides is 2. The van der Waals surface area contributed by atoms with Crippen molar-refractivity contribution in [2.24, 2.45) is 5.92 Å². The standard InChI is InChI=1S/C14H19N3O4S2/c1-15-14(19)12-6-10(8-22-12)23(20,21)17-4-3-9-5-13(18)16(2)11(9)7-17/h6,8-9,11H,3-5,7H2,1-2H3,(H,15,19)/t9-,11-/m1/s1. The van der Waals surface area contributed by atoms with E-state index in [-0.39, 0.29) is 28.7 Å². The average molecular weight is 357 g/mol. The smallest absolute Gasteiger partial charge is 0.261 e. The SMILES string of the molecule is CNC(=O)c1cc(S(=O)(=O)N2CC[C@@H]3CC(=O)N(C)[C@@H]3C2)cs1. The van der Waals surface area contributed by atoms with Gasteiger partial charge in [-0.15, -0.1) is 11.3 Å². The maximum Gasteiger partial charge on any atom is 0.261 e. The molecule has 2 aliphatic heterocycles. The lowest BCUT2D eigenvalue weighted by molar-refractivity contribution is -0.127. The Morgan fingerprint density at radius 3 is 2.87 bits per heavy atom. The second-order valence-electron chi connectivity index (χ2n) is 5.91. The van der Waals surface area contributed by atoms with E-state index in [4.69, 9.17) is 0 Å². The molecule has 0 saturated carbocycles. The number of fused-ring (bicyclic) bond motifs is 1. The van der Waals surface area contributed by atoms with Crippen LogP contribution in [0.2, 0.25) is 0 Å². The van der Waals surface area contributed by atoms with Gasteiger partial charge in [-0.1, -0.05) is 0 Å². The summed E-state index contributed by atoms with van der Waals surface area (Å²) in [6.07, 6.45) is 1.20. The molecule has 0 aromatic carbocycles. The fourth-order valence-electron chi connectivity index (χ4n) is 3.24. The van der Waals surface area contributed by atoms with Crippen LogP contribution in [0.1, 0.15) is 22.5 Å². The highest BCUT2D eigenvalue weighted by atomic mass is 32.2. The van der Waals surface area contributed by atoms with Gasteiger partial charge < -0.3 is 10.2 Å². The van der Waals surface area contributed by atoms with Crippen LogP contribution in [-0.2, 0) is 14.8 Å². The summed E-state index contributed by atoms with van der Waals surface area (Å²) in [5.41, 5.74) is 0. The van der Waals surface area contributed by atoms with E-state index >= 15 is 0 Å². The number of sulfonamides is 1. The van der Waals surface area contributed by atoms with E-state index in [1.54, 1.807) is 11.9 Å². The quantitative estimate of drug-likeness (QED) is 0.846. The number of likely N-dealkylation sites (tertiary alicyclic amines) is 1. The van der Waals surface area contributed by atoms with Crippen LogP contribution in [-0.4, -0.2) is 62.7 Å². The molecule has 9 heteroatoms. The van der Waals surface area contributed by atoms with Crippen molar-refractivity contribution in [3.05, 3.63) is 16.3 Å². The summed E-state index contributed by atoms with van der Waals surface area (Å²) in [6.45, 7) is 0.732. The average Bonchev–Trinajstić information content (AvgIpc) is 3.13. The zero-order valence-corrected chi connectivity index (χ0v) is 14.6. The van der Waals surface area contributed by atoms with Crippen molar-refractivity contribution in [1.82, 2.24) is 14.5 Å². The molecule has 2 aliphatic rings. The van der Waals surface area contributed by atoms with Gasteiger partial charge in [-0.05, 0) is 18.4 Å². The fourth-order valence-corrected chi connectivity index (χ4v) is 5.93. The molecule has 1 N–H and O–H groups in total. The highest BCUT2D eigenvalue weighted by molar-refractivity contribution is 7.89. The number of nitrogens with one attached hydrogen (secondary N) is 1. The number of rotatable bonds is 3. The topological polar surface area (TPSA) is 86.8 Å². The first kappa shape index (κ1) is 16.4. The van der Waals surface area contributed by atoms with Crippen molar-refractivity contribution >= 4 is 33.2 Å². The molecule has 0 spiro atoms. The van der Waals surface area contributed by atoms with Crippen molar-refractivity contribution in [2.45, 2.75) is 23.8 Å². The Labute approximate surface area is 139 Å². The molecule has 7 nitrogen and oxygen atoms in total. The maximum atomic E-state index is 12.8. The molecule has 1 aromatic heterocycles. The Kier molecular flexibility index (Phi) is 4.19. The third-order valence-electron chi connectivity index (χ3n) is 4.68. The minimum Gasteiger partial charge on any atom is -0.354 e. The van der Waals surface area contributed by atoms with E-state index in [0.29, 0.717) is 30.8 Å². The second kappa shape index (κ2) is 5.88. The molecule has 126 valence electrons. The Balaban J connectivity index is 1.82. The lowest BCUT2D eigenvalue weighted by atomic mass is 9.93. The molecular weight excluding hydrogens is 338 g/mol. The first-order valence-corrected chi connectivity index (χ1v) is 9.73. The zero-order chi connectivity index (χ0) is 16.8. The van der Waals surface area contributed by atoms with Gasteiger partial charge in [0.15, 0.2) is 0 Å². The number of carbonyl (C=O) groups excluding carboxylic acids is 2. The summed E-state index contributed by atoms with van der Waals surface area (Å²) in [4.78, 5) is 25.6. The highest BCUT2D eigenvalue weighted by Gasteiger charge is 2.44. The van der Waals surface area contributed by atoms with E-state index in [1.807, 2.05) is 0 Å². The monoisotopic (exact) mass is 357 g/mol. The van der Waals surface area contributed by atoms with Crippen molar-refractivity contribution in [2.75, 3.05) is 27.2 Å². The van der Waals surface area contributed by atoms with Gasteiger partial charge in [0.05, 0.1) is 9.77 Å². The van der Waals surface area contributed by atoms with Crippen LogP contribution in [0.4, 0.5) is 0 Å². The zero-order valence-electron chi connectivity index (χ0n) is 13.0. The van der Waals surface area contributed by atoms with Crippen LogP contribution >= 0.6 is 11.3 Å². The Morgan fingerprint density at radius 2 is 2.17 bits per heavy atom. The van der Waals surface area contributed by atoms with Gasteiger partial charge in [0.1, 0.15) is 0 Å². The number of piperidine rings is 1. The predicted octanol–water partition coefficient (Wildman–Crippen LogP) is 0.349. The Bertz CT molecular complexity index is 743. The van der Waals surface area contributed by atoms with Crippen LogP contribution in [0.15, 0.2) is 16.3 Å². The number of likely N-dealkylation sites (N-methyl/N-ethyl adjacent to an activating group) is 1. The van der Waals surface area contributed by atoms with E-state index in [2.05, 4.69) is 5.32 Å². The van der Waals surface area contributed by atoms with E-state index in [1.165, 1.54) is 22.8 Å². The summed E-state index contributed by atoms with van der Waals surface area (Å²) in [6, 6.07) is 1.36.